The first-order chi connectivity index (χ1) is 10.6. The summed E-state index contributed by atoms with van der Waals surface area (Å²) >= 11 is 0. The first-order valence-electron chi connectivity index (χ1n) is 8.26. The van der Waals surface area contributed by atoms with Crippen molar-refractivity contribution in [2.24, 2.45) is 0 Å². The monoisotopic (exact) mass is 300 g/mol. The lowest BCUT2D eigenvalue weighted by Gasteiger charge is -2.25. The molecule has 2 heterocycles. The van der Waals surface area contributed by atoms with Crippen molar-refractivity contribution in [1.29, 1.82) is 0 Å². The number of hydrogen-bond donors (Lipinski definition) is 0. The quantitative estimate of drug-likeness (QED) is 0.789. The van der Waals surface area contributed by atoms with Gasteiger partial charge in [0.2, 0.25) is 5.91 Å². The number of likely N-dealkylation sites (tertiary alicyclic amines) is 1. The largest absolute Gasteiger partial charge is 0.292 e. The highest BCUT2D eigenvalue weighted by Gasteiger charge is 2.42. The van der Waals surface area contributed by atoms with Crippen LogP contribution in [0.5, 0.6) is 0 Å². The zero-order chi connectivity index (χ0) is 15.7. The summed E-state index contributed by atoms with van der Waals surface area (Å²) in [5.74, 6) is -0.113. The maximum absolute atomic E-state index is 12.8. The van der Waals surface area contributed by atoms with E-state index in [-0.39, 0.29) is 17.9 Å². The van der Waals surface area contributed by atoms with E-state index in [9.17, 15) is 9.59 Å². The molecule has 118 valence electrons. The van der Waals surface area contributed by atoms with Crippen LogP contribution < -0.4 is 4.90 Å². The number of anilines is 1. The minimum atomic E-state index is -0.257. The van der Waals surface area contributed by atoms with Gasteiger partial charge in [0, 0.05) is 0 Å². The van der Waals surface area contributed by atoms with Crippen LogP contribution in [0.3, 0.4) is 0 Å². The molecule has 0 aromatic heterocycles. The number of imide groups is 1. The van der Waals surface area contributed by atoms with Gasteiger partial charge in [-0.3, -0.25) is 14.5 Å². The Morgan fingerprint density at radius 2 is 1.64 bits per heavy atom. The van der Waals surface area contributed by atoms with E-state index >= 15 is 0 Å². The van der Waals surface area contributed by atoms with E-state index < -0.39 is 0 Å². The van der Waals surface area contributed by atoms with Crippen LogP contribution in [0.1, 0.15) is 43.2 Å². The molecule has 0 aliphatic carbocycles. The van der Waals surface area contributed by atoms with Crippen molar-refractivity contribution in [3.05, 3.63) is 29.3 Å². The van der Waals surface area contributed by atoms with E-state index in [0.29, 0.717) is 6.42 Å². The van der Waals surface area contributed by atoms with E-state index in [2.05, 4.69) is 4.90 Å². The fraction of sp³-hybridized carbons (Fsp3) is 0.556. The zero-order valence-electron chi connectivity index (χ0n) is 13.5. The van der Waals surface area contributed by atoms with Gasteiger partial charge in [-0.25, -0.2) is 4.90 Å². The summed E-state index contributed by atoms with van der Waals surface area (Å²) < 4.78 is 0. The number of carbonyl (C=O) groups excluding carboxylic acids is 2. The Morgan fingerprint density at radius 3 is 2.27 bits per heavy atom. The Balaban J connectivity index is 1.83. The summed E-state index contributed by atoms with van der Waals surface area (Å²) in [6, 6.07) is 5.54. The van der Waals surface area contributed by atoms with Gasteiger partial charge in [0.1, 0.15) is 0 Å². The second kappa shape index (κ2) is 6.21. The lowest BCUT2D eigenvalue weighted by molar-refractivity contribution is -0.122. The van der Waals surface area contributed by atoms with Crippen LogP contribution in [0.2, 0.25) is 0 Å². The molecule has 2 saturated heterocycles. The summed E-state index contributed by atoms with van der Waals surface area (Å²) in [6.45, 7) is 5.91. The van der Waals surface area contributed by atoms with Crippen LogP contribution in [0.25, 0.3) is 0 Å². The van der Waals surface area contributed by atoms with Gasteiger partial charge in [-0.1, -0.05) is 18.9 Å². The number of benzene rings is 1. The number of nitrogens with zero attached hydrogens (tertiary/aromatic N) is 2. The Morgan fingerprint density at radius 1 is 0.955 bits per heavy atom. The average Bonchev–Trinajstić information content (AvgIpc) is 2.70. The average molecular weight is 300 g/mol. The summed E-state index contributed by atoms with van der Waals surface area (Å²) in [4.78, 5) is 28.8. The van der Waals surface area contributed by atoms with E-state index in [0.717, 1.165) is 37.2 Å². The molecule has 4 heteroatoms. The van der Waals surface area contributed by atoms with Crippen molar-refractivity contribution in [3.63, 3.8) is 0 Å². The van der Waals surface area contributed by atoms with Gasteiger partial charge in [0.25, 0.3) is 5.91 Å². The van der Waals surface area contributed by atoms with Crippen LogP contribution >= 0.6 is 0 Å². The summed E-state index contributed by atoms with van der Waals surface area (Å²) in [5, 5.41) is 0. The number of amides is 2. The summed E-state index contributed by atoms with van der Waals surface area (Å²) in [6.07, 6.45) is 5.04. The van der Waals surface area contributed by atoms with Gasteiger partial charge in [0.15, 0.2) is 0 Å². The second-order valence-electron chi connectivity index (χ2n) is 6.51. The lowest BCUT2D eigenvalue weighted by Crippen LogP contribution is -2.42. The molecule has 3 rings (SSSR count). The summed E-state index contributed by atoms with van der Waals surface area (Å²) in [5.41, 5.74) is 3.00. The molecule has 1 unspecified atom stereocenters. The predicted molar refractivity (Wildman–Crippen MR) is 86.9 cm³/mol. The van der Waals surface area contributed by atoms with E-state index in [1.165, 1.54) is 23.3 Å². The minimum absolute atomic E-state index is 0.0462. The molecule has 0 radical (unpaired) electrons. The lowest BCUT2D eigenvalue weighted by atomic mass is 10.1. The maximum atomic E-state index is 12.8. The Hall–Kier alpha value is -1.68. The van der Waals surface area contributed by atoms with Crippen molar-refractivity contribution < 1.29 is 9.59 Å². The van der Waals surface area contributed by atoms with Crippen LogP contribution in [-0.2, 0) is 9.59 Å². The van der Waals surface area contributed by atoms with E-state index in [1.54, 1.807) is 0 Å². The Bertz CT molecular complexity index is 589. The highest BCUT2D eigenvalue weighted by Crippen LogP contribution is 2.28. The molecule has 2 amide bonds. The van der Waals surface area contributed by atoms with E-state index in [1.807, 2.05) is 32.0 Å². The van der Waals surface area contributed by atoms with Crippen molar-refractivity contribution >= 4 is 17.5 Å². The van der Waals surface area contributed by atoms with E-state index in [4.69, 9.17) is 0 Å². The van der Waals surface area contributed by atoms with Crippen molar-refractivity contribution in [1.82, 2.24) is 4.90 Å². The molecule has 2 aliphatic heterocycles. The number of rotatable bonds is 2. The Kier molecular flexibility index (Phi) is 4.30. The van der Waals surface area contributed by atoms with Gasteiger partial charge in [-0.15, -0.1) is 0 Å². The molecule has 0 spiro atoms. The van der Waals surface area contributed by atoms with Crippen molar-refractivity contribution in [3.8, 4) is 0 Å². The van der Waals surface area contributed by atoms with Crippen molar-refractivity contribution in [2.45, 2.75) is 52.0 Å². The van der Waals surface area contributed by atoms with Gasteiger partial charge in [0.05, 0.1) is 18.2 Å². The second-order valence-corrected chi connectivity index (χ2v) is 6.51. The third kappa shape index (κ3) is 2.80. The molecular formula is C18H24N2O2. The highest BCUT2D eigenvalue weighted by molar-refractivity contribution is 6.22. The normalized spacial score (nSPS) is 23.9. The number of carbonyl (C=O) groups is 2. The van der Waals surface area contributed by atoms with Crippen molar-refractivity contribution in [2.75, 3.05) is 18.0 Å². The van der Waals surface area contributed by atoms with Gasteiger partial charge in [-0.2, -0.15) is 0 Å². The SMILES string of the molecule is Cc1ccc(N2C(=O)CC(N3CCCCCC3)C2=O)cc1C. The zero-order valence-corrected chi connectivity index (χ0v) is 13.5. The fourth-order valence-corrected chi connectivity index (χ4v) is 3.44. The molecule has 2 fully saturated rings. The van der Waals surface area contributed by atoms with Crippen LogP contribution in [0.15, 0.2) is 18.2 Å². The molecule has 1 aromatic carbocycles. The third-order valence-corrected chi connectivity index (χ3v) is 4.95. The molecule has 0 saturated carbocycles. The highest BCUT2D eigenvalue weighted by atomic mass is 16.2. The molecule has 0 bridgehead atoms. The molecule has 4 nitrogen and oxygen atoms in total. The van der Waals surface area contributed by atoms with Gasteiger partial charge >= 0.3 is 0 Å². The summed E-state index contributed by atoms with van der Waals surface area (Å²) in [7, 11) is 0. The number of hydrogen-bond acceptors (Lipinski definition) is 3. The minimum Gasteiger partial charge on any atom is -0.292 e. The fourth-order valence-electron chi connectivity index (χ4n) is 3.44. The predicted octanol–water partition coefficient (Wildman–Crippen LogP) is 2.81. The molecule has 1 atom stereocenters. The topological polar surface area (TPSA) is 40.6 Å². The maximum Gasteiger partial charge on any atom is 0.251 e. The molecule has 2 aliphatic rings. The van der Waals surface area contributed by atoms with Gasteiger partial charge in [-0.05, 0) is 63.0 Å². The first-order valence-corrected chi connectivity index (χ1v) is 8.26. The number of aryl methyl sites for hydroxylation is 2. The Labute approximate surface area is 132 Å². The molecule has 0 N–H and O–H groups in total. The standard InChI is InChI=1S/C18H24N2O2/c1-13-7-8-15(11-14(13)2)20-17(21)12-16(18(20)22)19-9-5-3-4-6-10-19/h7-8,11,16H,3-6,9-10,12H2,1-2H3. The van der Waals surface area contributed by atoms with Crippen LogP contribution in [0, 0.1) is 13.8 Å². The third-order valence-electron chi connectivity index (χ3n) is 4.95. The molecular weight excluding hydrogens is 276 g/mol. The van der Waals surface area contributed by atoms with Gasteiger partial charge < -0.3 is 0 Å². The van der Waals surface area contributed by atoms with Crippen LogP contribution in [-0.4, -0.2) is 35.8 Å². The van der Waals surface area contributed by atoms with Crippen LogP contribution in [0.4, 0.5) is 5.69 Å². The first kappa shape index (κ1) is 15.2. The smallest absolute Gasteiger partial charge is 0.251 e. The molecule has 22 heavy (non-hydrogen) atoms. The molecule has 1 aromatic rings.